The highest BCUT2D eigenvalue weighted by atomic mass is 16.4. The number of aromatic nitrogens is 4. The van der Waals surface area contributed by atoms with Crippen molar-refractivity contribution in [2.75, 3.05) is 0 Å². The second-order valence-electron chi connectivity index (χ2n) is 4.96. The molecule has 3 rings (SSSR count). The Hall–Kier alpha value is -2.21. The first-order valence-electron chi connectivity index (χ1n) is 6.58. The Morgan fingerprint density at radius 2 is 2.15 bits per heavy atom. The lowest BCUT2D eigenvalue weighted by atomic mass is 10.3. The van der Waals surface area contributed by atoms with E-state index in [1.54, 1.807) is 10.7 Å². The zero-order valence-corrected chi connectivity index (χ0v) is 11.8. The Balaban J connectivity index is 1.70. The number of rotatable bonds is 4. The molecule has 1 atom stereocenters. The molecule has 0 bridgehead atoms. The quantitative estimate of drug-likeness (QED) is 0.787. The van der Waals surface area contributed by atoms with Crippen LogP contribution in [0.25, 0.3) is 5.65 Å². The summed E-state index contributed by atoms with van der Waals surface area (Å²) in [6.07, 6.45) is 5.57. The van der Waals surface area contributed by atoms with Crippen molar-refractivity contribution < 1.29 is 4.42 Å². The van der Waals surface area contributed by atoms with Crippen LogP contribution in [0, 0.1) is 13.8 Å². The fraction of sp³-hybridized carbons (Fsp3) is 0.357. The van der Waals surface area contributed by atoms with E-state index in [0.717, 1.165) is 22.7 Å². The fourth-order valence-corrected chi connectivity index (χ4v) is 2.06. The van der Waals surface area contributed by atoms with Gasteiger partial charge >= 0.3 is 0 Å². The van der Waals surface area contributed by atoms with Gasteiger partial charge < -0.3 is 9.73 Å². The van der Waals surface area contributed by atoms with E-state index in [4.69, 9.17) is 4.42 Å². The van der Waals surface area contributed by atoms with Crippen LogP contribution < -0.4 is 5.32 Å². The molecule has 0 aromatic carbocycles. The Morgan fingerprint density at radius 1 is 1.30 bits per heavy atom. The molecule has 3 aromatic heterocycles. The van der Waals surface area contributed by atoms with Crippen molar-refractivity contribution in [3.05, 3.63) is 47.6 Å². The largest absolute Gasteiger partial charge is 0.444 e. The summed E-state index contributed by atoms with van der Waals surface area (Å²) in [7, 11) is 0. The van der Waals surface area contributed by atoms with Crippen LogP contribution in [0.2, 0.25) is 0 Å². The minimum absolute atomic E-state index is 0.0544. The smallest absolute Gasteiger partial charge is 0.211 e. The normalized spacial score (nSPS) is 12.9. The van der Waals surface area contributed by atoms with Gasteiger partial charge in [-0.2, -0.15) is 5.10 Å². The van der Waals surface area contributed by atoms with Gasteiger partial charge in [0.2, 0.25) is 5.89 Å². The first-order chi connectivity index (χ1) is 9.61. The molecule has 6 nitrogen and oxygen atoms in total. The minimum atomic E-state index is 0.0544. The van der Waals surface area contributed by atoms with Gasteiger partial charge in [-0.05, 0) is 20.8 Å². The van der Waals surface area contributed by atoms with E-state index in [0.29, 0.717) is 12.4 Å². The van der Waals surface area contributed by atoms with Gasteiger partial charge in [0.05, 0.1) is 17.9 Å². The Bertz CT molecular complexity index is 730. The van der Waals surface area contributed by atoms with Crippen LogP contribution in [0.3, 0.4) is 0 Å². The number of aryl methyl sites for hydroxylation is 2. The van der Waals surface area contributed by atoms with Crippen LogP contribution in [0.15, 0.2) is 29.1 Å². The number of nitrogens with one attached hydrogen (secondary N) is 1. The van der Waals surface area contributed by atoms with Crippen molar-refractivity contribution in [2.45, 2.75) is 33.4 Å². The SMILES string of the molecule is Cc1cc2ncc(CNC(C)c3ncc(C)o3)cn2n1. The minimum Gasteiger partial charge on any atom is -0.444 e. The number of fused-ring (bicyclic) bond motifs is 1. The van der Waals surface area contributed by atoms with Crippen molar-refractivity contribution in [1.29, 1.82) is 0 Å². The molecule has 0 saturated carbocycles. The van der Waals surface area contributed by atoms with Gasteiger partial charge in [0.1, 0.15) is 5.76 Å². The van der Waals surface area contributed by atoms with Gasteiger partial charge in [-0.1, -0.05) is 0 Å². The van der Waals surface area contributed by atoms with Crippen LogP contribution >= 0.6 is 0 Å². The second-order valence-corrected chi connectivity index (χ2v) is 4.96. The van der Waals surface area contributed by atoms with E-state index < -0.39 is 0 Å². The van der Waals surface area contributed by atoms with Gasteiger partial charge in [-0.3, -0.25) is 0 Å². The molecule has 104 valence electrons. The lowest BCUT2D eigenvalue weighted by molar-refractivity contribution is 0.402. The van der Waals surface area contributed by atoms with Gasteiger partial charge in [0.15, 0.2) is 5.65 Å². The lowest BCUT2D eigenvalue weighted by Crippen LogP contribution is -2.18. The highest BCUT2D eigenvalue weighted by Gasteiger charge is 2.11. The molecule has 0 spiro atoms. The monoisotopic (exact) mass is 271 g/mol. The molecule has 0 aliphatic rings. The molecule has 1 N–H and O–H groups in total. The summed E-state index contributed by atoms with van der Waals surface area (Å²) in [6.45, 7) is 6.56. The van der Waals surface area contributed by atoms with Crippen molar-refractivity contribution >= 4 is 5.65 Å². The van der Waals surface area contributed by atoms with Crippen LogP contribution in [-0.2, 0) is 6.54 Å². The van der Waals surface area contributed by atoms with E-state index in [1.165, 1.54) is 0 Å². The summed E-state index contributed by atoms with van der Waals surface area (Å²) in [6, 6.07) is 2.01. The van der Waals surface area contributed by atoms with Crippen molar-refractivity contribution in [2.24, 2.45) is 0 Å². The average molecular weight is 271 g/mol. The molecule has 0 saturated heterocycles. The third-order valence-electron chi connectivity index (χ3n) is 3.11. The molecular weight excluding hydrogens is 254 g/mol. The van der Waals surface area contributed by atoms with E-state index in [2.05, 4.69) is 20.4 Å². The van der Waals surface area contributed by atoms with Crippen molar-refractivity contribution in [3.63, 3.8) is 0 Å². The fourth-order valence-electron chi connectivity index (χ4n) is 2.06. The molecule has 20 heavy (non-hydrogen) atoms. The zero-order valence-electron chi connectivity index (χ0n) is 11.8. The lowest BCUT2D eigenvalue weighted by Gasteiger charge is -2.10. The molecule has 1 unspecified atom stereocenters. The molecule has 3 aromatic rings. The first kappa shape index (κ1) is 12.8. The van der Waals surface area contributed by atoms with E-state index >= 15 is 0 Å². The van der Waals surface area contributed by atoms with Gasteiger partial charge in [-0.15, -0.1) is 0 Å². The Morgan fingerprint density at radius 3 is 2.90 bits per heavy atom. The molecule has 0 fully saturated rings. The second kappa shape index (κ2) is 5.05. The third-order valence-corrected chi connectivity index (χ3v) is 3.11. The summed E-state index contributed by atoms with van der Waals surface area (Å²) in [5.41, 5.74) is 2.89. The van der Waals surface area contributed by atoms with Gasteiger partial charge in [0.25, 0.3) is 0 Å². The van der Waals surface area contributed by atoms with Gasteiger partial charge in [-0.25, -0.2) is 14.5 Å². The van der Waals surface area contributed by atoms with E-state index in [1.807, 2.05) is 39.2 Å². The van der Waals surface area contributed by atoms with E-state index in [-0.39, 0.29) is 6.04 Å². The Labute approximate surface area is 116 Å². The molecule has 0 radical (unpaired) electrons. The summed E-state index contributed by atoms with van der Waals surface area (Å²) in [5.74, 6) is 1.52. The number of nitrogens with zero attached hydrogens (tertiary/aromatic N) is 4. The van der Waals surface area contributed by atoms with Crippen molar-refractivity contribution in [1.82, 2.24) is 24.9 Å². The molecule has 6 heteroatoms. The molecule has 3 heterocycles. The van der Waals surface area contributed by atoms with Crippen LogP contribution in [0.1, 0.15) is 35.9 Å². The highest BCUT2D eigenvalue weighted by molar-refractivity contribution is 5.38. The maximum atomic E-state index is 5.50. The first-order valence-corrected chi connectivity index (χ1v) is 6.58. The van der Waals surface area contributed by atoms with Crippen molar-refractivity contribution in [3.8, 4) is 0 Å². The van der Waals surface area contributed by atoms with E-state index in [9.17, 15) is 0 Å². The topological polar surface area (TPSA) is 68.2 Å². The maximum Gasteiger partial charge on any atom is 0.211 e. The average Bonchev–Trinajstić information content (AvgIpc) is 3.00. The van der Waals surface area contributed by atoms with Gasteiger partial charge in [0, 0.05) is 30.6 Å². The maximum absolute atomic E-state index is 5.50. The predicted molar refractivity (Wildman–Crippen MR) is 74.2 cm³/mol. The molecule has 0 aliphatic carbocycles. The third kappa shape index (κ3) is 2.55. The number of hydrogen-bond donors (Lipinski definition) is 1. The van der Waals surface area contributed by atoms with Crippen LogP contribution in [0.4, 0.5) is 0 Å². The summed E-state index contributed by atoms with van der Waals surface area (Å²) >= 11 is 0. The standard InChI is InChI=1S/C14H17N5O/c1-9-4-13-16-7-12(8-19(13)18-9)6-15-11(3)14-17-5-10(2)20-14/h4-5,7-8,11,15H,6H2,1-3H3. The van der Waals surface area contributed by atoms with Crippen LogP contribution in [0.5, 0.6) is 0 Å². The Kier molecular flexibility index (Phi) is 3.23. The molecule has 0 aliphatic heterocycles. The molecular formula is C14H17N5O. The summed E-state index contributed by atoms with van der Waals surface area (Å²) in [4.78, 5) is 8.60. The number of oxazole rings is 1. The summed E-state index contributed by atoms with van der Waals surface area (Å²) < 4.78 is 7.30. The predicted octanol–water partition coefficient (Wildman–Crippen LogP) is 2.18. The number of hydrogen-bond acceptors (Lipinski definition) is 5. The van der Waals surface area contributed by atoms with Crippen LogP contribution in [-0.4, -0.2) is 19.6 Å². The highest BCUT2D eigenvalue weighted by Crippen LogP contribution is 2.13. The molecule has 0 amide bonds. The zero-order chi connectivity index (χ0) is 14.1. The summed E-state index contributed by atoms with van der Waals surface area (Å²) in [5, 5.41) is 7.72.